The summed E-state index contributed by atoms with van der Waals surface area (Å²) in [5.74, 6) is 0. The summed E-state index contributed by atoms with van der Waals surface area (Å²) >= 11 is 0. The molecule has 8 aromatic rings. The second kappa shape index (κ2) is 14.6. The SMILES string of the molecule is [Ir].[c-]1ccc(-c2ccc(-c3cccc(-c4cccc(-c5cccc(-c6cccc(-c7ccccc7)c6)c5)c4)c3)cc2)cc1-c1ccccn1. The Morgan fingerprint density at radius 1 is 0.306 bits per heavy atom. The summed E-state index contributed by atoms with van der Waals surface area (Å²) in [5.41, 5.74) is 16.3. The molecule has 0 aliphatic heterocycles. The number of rotatable bonds is 7. The van der Waals surface area contributed by atoms with E-state index in [1.54, 1.807) is 0 Å². The maximum Gasteiger partial charge on any atom is 0.0160 e. The first-order chi connectivity index (χ1) is 23.8. The van der Waals surface area contributed by atoms with Gasteiger partial charge in [0.25, 0.3) is 0 Å². The molecule has 2 heteroatoms. The molecule has 1 heterocycles. The molecule has 0 amide bonds. The van der Waals surface area contributed by atoms with Crippen LogP contribution in [0.15, 0.2) is 194 Å². The summed E-state index contributed by atoms with van der Waals surface area (Å²) in [6.07, 6.45) is 1.82. The van der Waals surface area contributed by atoms with E-state index in [4.69, 9.17) is 0 Å². The summed E-state index contributed by atoms with van der Waals surface area (Å²) in [6.45, 7) is 0. The monoisotopic (exact) mass is 803 g/mol. The quantitative estimate of drug-likeness (QED) is 0.146. The molecular formula is C47H32IrN-. The van der Waals surface area contributed by atoms with Crippen molar-refractivity contribution in [3.05, 3.63) is 200 Å². The van der Waals surface area contributed by atoms with E-state index in [1.165, 1.54) is 61.2 Å². The second-order valence-corrected chi connectivity index (χ2v) is 12.0. The Hall–Kier alpha value is -5.66. The fraction of sp³-hybridized carbons (Fsp3) is 0. The van der Waals surface area contributed by atoms with Crippen LogP contribution >= 0.6 is 0 Å². The maximum absolute atomic E-state index is 4.49. The van der Waals surface area contributed by atoms with Gasteiger partial charge in [0.15, 0.2) is 0 Å². The smallest absolute Gasteiger partial charge is 0.0160 e. The molecular weight excluding hydrogens is 771 g/mol. The van der Waals surface area contributed by atoms with E-state index in [1.807, 2.05) is 30.5 Å². The zero-order chi connectivity index (χ0) is 32.1. The molecule has 0 aliphatic carbocycles. The first-order valence-electron chi connectivity index (χ1n) is 16.3. The number of aromatic nitrogens is 1. The van der Waals surface area contributed by atoms with Gasteiger partial charge in [0.1, 0.15) is 0 Å². The van der Waals surface area contributed by atoms with Crippen LogP contribution in [0.1, 0.15) is 0 Å². The molecule has 0 saturated heterocycles. The Morgan fingerprint density at radius 3 is 1.10 bits per heavy atom. The number of pyridine rings is 1. The van der Waals surface area contributed by atoms with Gasteiger partial charge >= 0.3 is 0 Å². The molecule has 0 unspecified atom stereocenters. The Balaban J connectivity index is 0.00000378. The molecule has 1 aromatic heterocycles. The van der Waals surface area contributed by atoms with E-state index >= 15 is 0 Å². The average molecular weight is 803 g/mol. The number of benzene rings is 7. The van der Waals surface area contributed by atoms with Crippen molar-refractivity contribution in [2.45, 2.75) is 0 Å². The summed E-state index contributed by atoms with van der Waals surface area (Å²) in [6, 6.07) is 70.2. The summed E-state index contributed by atoms with van der Waals surface area (Å²) in [5, 5.41) is 0. The fourth-order valence-electron chi connectivity index (χ4n) is 6.32. The Morgan fingerprint density at radius 2 is 0.673 bits per heavy atom. The van der Waals surface area contributed by atoms with E-state index in [-0.39, 0.29) is 20.1 Å². The van der Waals surface area contributed by atoms with Gasteiger partial charge in [-0.2, -0.15) is 0 Å². The van der Waals surface area contributed by atoms with Gasteiger partial charge in [-0.25, -0.2) is 0 Å². The van der Waals surface area contributed by atoms with Crippen molar-refractivity contribution in [3.63, 3.8) is 0 Å². The molecule has 0 N–H and O–H groups in total. The van der Waals surface area contributed by atoms with Crippen LogP contribution in [0.2, 0.25) is 0 Å². The molecule has 0 bridgehead atoms. The number of nitrogens with zero attached hydrogens (tertiary/aromatic N) is 1. The van der Waals surface area contributed by atoms with Gasteiger partial charge in [0, 0.05) is 26.3 Å². The van der Waals surface area contributed by atoms with Crippen molar-refractivity contribution < 1.29 is 20.1 Å². The fourth-order valence-corrected chi connectivity index (χ4v) is 6.32. The van der Waals surface area contributed by atoms with Crippen LogP contribution in [0.4, 0.5) is 0 Å². The minimum atomic E-state index is 0. The van der Waals surface area contributed by atoms with Crippen LogP contribution in [0.3, 0.4) is 0 Å². The first kappa shape index (κ1) is 31.9. The Kier molecular flexibility index (Phi) is 9.52. The number of hydrogen-bond donors (Lipinski definition) is 0. The van der Waals surface area contributed by atoms with Gasteiger partial charge in [0.05, 0.1) is 0 Å². The zero-order valence-electron chi connectivity index (χ0n) is 26.8. The summed E-state index contributed by atoms with van der Waals surface area (Å²) in [4.78, 5) is 4.49. The van der Waals surface area contributed by atoms with Crippen molar-refractivity contribution in [2.24, 2.45) is 0 Å². The molecule has 7 aromatic carbocycles. The molecule has 1 radical (unpaired) electrons. The van der Waals surface area contributed by atoms with Crippen molar-refractivity contribution in [1.82, 2.24) is 4.98 Å². The minimum absolute atomic E-state index is 0. The van der Waals surface area contributed by atoms with Crippen LogP contribution in [0, 0.1) is 6.07 Å². The van der Waals surface area contributed by atoms with E-state index in [2.05, 4.69) is 175 Å². The Bertz CT molecular complexity index is 2330. The van der Waals surface area contributed by atoms with Crippen molar-refractivity contribution in [3.8, 4) is 78.0 Å². The van der Waals surface area contributed by atoms with E-state index in [0.29, 0.717) is 0 Å². The van der Waals surface area contributed by atoms with Crippen LogP contribution < -0.4 is 0 Å². The van der Waals surface area contributed by atoms with Gasteiger partial charge in [0.2, 0.25) is 0 Å². The molecule has 1 nitrogen and oxygen atoms in total. The molecule has 8 rings (SSSR count). The third-order valence-corrected chi connectivity index (χ3v) is 8.85. The third-order valence-electron chi connectivity index (χ3n) is 8.85. The van der Waals surface area contributed by atoms with Gasteiger partial charge in [-0.15, -0.1) is 35.4 Å². The predicted octanol–water partition coefficient (Wildman–Crippen LogP) is 12.5. The van der Waals surface area contributed by atoms with Crippen molar-refractivity contribution >= 4 is 0 Å². The number of hydrogen-bond acceptors (Lipinski definition) is 1. The van der Waals surface area contributed by atoms with Crippen LogP contribution in [0.5, 0.6) is 0 Å². The largest absolute Gasteiger partial charge is 0.305 e. The van der Waals surface area contributed by atoms with Crippen LogP contribution in [-0.4, -0.2) is 4.98 Å². The van der Waals surface area contributed by atoms with Gasteiger partial charge in [-0.1, -0.05) is 140 Å². The molecule has 0 aliphatic rings. The molecule has 49 heavy (non-hydrogen) atoms. The summed E-state index contributed by atoms with van der Waals surface area (Å²) in [7, 11) is 0. The average Bonchev–Trinajstić information content (AvgIpc) is 3.19. The topological polar surface area (TPSA) is 12.9 Å². The molecule has 0 atom stereocenters. The predicted molar refractivity (Wildman–Crippen MR) is 201 cm³/mol. The van der Waals surface area contributed by atoms with Gasteiger partial charge in [-0.3, -0.25) is 0 Å². The van der Waals surface area contributed by atoms with Gasteiger partial charge in [-0.05, 0) is 97.2 Å². The third kappa shape index (κ3) is 7.12. The zero-order valence-corrected chi connectivity index (χ0v) is 29.2. The Labute approximate surface area is 302 Å². The van der Waals surface area contributed by atoms with E-state index < -0.39 is 0 Å². The molecule has 0 spiro atoms. The molecule has 0 saturated carbocycles. The van der Waals surface area contributed by atoms with Crippen LogP contribution in [0.25, 0.3) is 78.0 Å². The normalized spacial score (nSPS) is 10.7. The van der Waals surface area contributed by atoms with Gasteiger partial charge < -0.3 is 4.98 Å². The molecule has 0 fully saturated rings. The second-order valence-electron chi connectivity index (χ2n) is 12.0. The maximum atomic E-state index is 4.49. The minimum Gasteiger partial charge on any atom is -0.305 e. The van der Waals surface area contributed by atoms with Crippen LogP contribution in [-0.2, 0) is 20.1 Å². The summed E-state index contributed by atoms with van der Waals surface area (Å²) < 4.78 is 0. The molecule has 235 valence electrons. The van der Waals surface area contributed by atoms with E-state index in [9.17, 15) is 0 Å². The van der Waals surface area contributed by atoms with Crippen molar-refractivity contribution in [1.29, 1.82) is 0 Å². The van der Waals surface area contributed by atoms with E-state index in [0.717, 1.165) is 16.8 Å². The van der Waals surface area contributed by atoms with Crippen molar-refractivity contribution in [2.75, 3.05) is 0 Å². The first-order valence-corrected chi connectivity index (χ1v) is 16.3. The standard InChI is InChI=1S/C47H32N.Ir/c1-2-11-34(12-3-1)37-13-6-16-40(29-37)42-18-8-20-44(31-42)45-21-9-19-43(32-45)41-17-7-14-38(30-41)35-24-26-36(27-25-35)39-15-10-22-46(33-39)47-23-4-5-28-48-47;/h1-21,23-33H;/q-1;.